The second-order valence-electron chi connectivity index (χ2n) is 7.80. The molecule has 0 fully saturated rings. The molecule has 0 rings (SSSR count). The van der Waals surface area contributed by atoms with Crippen molar-refractivity contribution in [1.29, 1.82) is 0 Å². The van der Waals surface area contributed by atoms with Crippen LogP contribution in [0, 0.1) is 11.8 Å². The number of carboxylic acids is 2. The normalized spacial score (nSPS) is 12.0. The fourth-order valence-electron chi connectivity index (χ4n) is 3.62. The molecule has 2 N–H and O–H groups in total. The van der Waals surface area contributed by atoms with Gasteiger partial charge in [-0.1, -0.05) is 110 Å². The monoisotopic (exact) mass is 396 g/mol. The summed E-state index contributed by atoms with van der Waals surface area (Å²) in [7, 11) is 0. The Labute approximate surface area is 186 Å². The molecule has 0 bridgehead atoms. The first-order valence-corrected chi connectivity index (χ1v) is 11.0. The van der Waals surface area contributed by atoms with Gasteiger partial charge in [0.15, 0.2) is 5.92 Å². The van der Waals surface area contributed by atoms with Gasteiger partial charge in [-0.3, -0.25) is 9.59 Å². The van der Waals surface area contributed by atoms with Crippen LogP contribution in [0.2, 0.25) is 0 Å². The number of unbranched alkanes of at least 4 members (excludes halogenated alkanes) is 11. The van der Waals surface area contributed by atoms with Crippen LogP contribution in [0.15, 0.2) is 0 Å². The third-order valence-electron chi connectivity index (χ3n) is 5.35. The van der Waals surface area contributed by atoms with Gasteiger partial charge in [-0.05, 0) is 12.3 Å². The van der Waals surface area contributed by atoms with E-state index in [2.05, 4.69) is 13.8 Å². The van der Waals surface area contributed by atoms with Crippen LogP contribution >= 0.6 is 0 Å². The second-order valence-corrected chi connectivity index (χ2v) is 7.80. The zero-order chi connectivity index (χ0) is 19.6. The molecule has 0 aromatic carbocycles. The maximum absolute atomic E-state index is 11.2. The van der Waals surface area contributed by atoms with Gasteiger partial charge in [0.2, 0.25) is 0 Å². The Bertz CT molecular complexity index is 357. The average molecular weight is 397 g/mol. The smallest absolute Gasteiger partial charge is 1.00 e. The van der Waals surface area contributed by atoms with Crippen molar-refractivity contribution in [2.75, 3.05) is 0 Å². The van der Waals surface area contributed by atoms with E-state index in [1.54, 1.807) is 0 Å². The van der Waals surface area contributed by atoms with Crippen molar-refractivity contribution in [2.24, 2.45) is 11.8 Å². The summed E-state index contributed by atoms with van der Waals surface area (Å²) >= 11 is 0. The third-order valence-corrected chi connectivity index (χ3v) is 5.35. The molecule has 1 unspecified atom stereocenters. The van der Waals surface area contributed by atoms with E-state index in [-0.39, 0.29) is 38.2 Å². The number of carboxylic acid groups (broad SMARTS) is 2. The molecule has 1 atom stereocenters. The molecule has 0 aliphatic rings. The molecule has 0 aromatic rings. The first-order valence-electron chi connectivity index (χ1n) is 11.0. The van der Waals surface area contributed by atoms with E-state index in [1.165, 1.54) is 57.8 Å². The van der Waals surface area contributed by atoms with Gasteiger partial charge in [-0.25, -0.2) is 0 Å². The summed E-state index contributed by atoms with van der Waals surface area (Å²) in [5.74, 6) is -3.40. The van der Waals surface area contributed by atoms with E-state index >= 15 is 0 Å². The quantitative estimate of drug-likeness (QED) is 0.148. The Morgan fingerprint density at radius 1 is 0.667 bits per heavy atom. The van der Waals surface area contributed by atoms with Crippen molar-refractivity contribution in [3.8, 4) is 0 Å². The summed E-state index contributed by atoms with van der Waals surface area (Å²) < 4.78 is 0. The molecule has 4 nitrogen and oxygen atoms in total. The second kappa shape index (κ2) is 20.4. The summed E-state index contributed by atoms with van der Waals surface area (Å²) in [6.07, 6.45) is 18.4. The molecule has 0 amide bonds. The minimum atomic E-state index is -1.25. The molecule has 0 heterocycles. The predicted molar refractivity (Wildman–Crippen MR) is 115 cm³/mol. The van der Waals surface area contributed by atoms with E-state index in [0.717, 1.165) is 38.5 Å². The van der Waals surface area contributed by atoms with Gasteiger partial charge in [0.05, 0.1) is 0 Å². The zero-order valence-corrected chi connectivity index (χ0v) is 19.3. The van der Waals surface area contributed by atoms with Gasteiger partial charge < -0.3 is 13.1 Å². The maximum atomic E-state index is 11.2. The van der Waals surface area contributed by atoms with Gasteiger partial charge in [-0.15, -0.1) is 0 Å². The molecular weight excluding hydrogens is 353 g/mol. The van der Waals surface area contributed by atoms with Crippen molar-refractivity contribution in [1.82, 2.24) is 0 Å². The number of hydrogen-bond acceptors (Lipinski definition) is 2. The third kappa shape index (κ3) is 17.5. The number of carbonyl (C=O) groups is 2. The fourth-order valence-corrected chi connectivity index (χ4v) is 3.62. The summed E-state index contributed by atoms with van der Waals surface area (Å²) in [5, 5.41) is 18.3. The topological polar surface area (TPSA) is 74.6 Å². The van der Waals surface area contributed by atoms with Crippen LogP contribution in [-0.4, -0.2) is 45.2 Å². The maximum Gasteiger partial charge on any atom is 2.00 e. The number of hydrogen-bond donors (Lipinski definition) is 2. The molecule has 0 saturated heterocycles. The Kier molecular flexibility index (Phi) is 21.9. The summed E-state index contributed by atoms with van der Waals surface area (Å²) in [6, 6.07) is 0. The molecule has 0 saturated carbocycles. The summed E-state index contributed by atoms with van der Waals surface area (Å²) in [5.41, 5.74) is 0. The Balaban J connectivity index is -0.00000104. The van der Waals surface area contributed by atoms with E-state index in [0.29, 0.717) is 0 Å². The minimum absolute atomic E-state index is 0. The van der Waals surface area contributed by atoms with E-state index in [9.17, 15) is 9.59 Å². The van der Waals surface area contributed by atoms with Crippen LogP contribution in [0.25, 0.3) is 0 Å². The average Bonchev–Trinajstić information content (AvgIpc) is 2.60. The van der Waals surface area contributed by atoms with Crippen molar-refractivity contribution < 1.29 is 22.7 Å². The van der Waals surface area contributed by atoms with Crippen LogP contribution < -0.4 is 0 Å². The van der Waals surface area contributed by atoms with Gasteiger partial charge in [0.25, 0.3) is 0 Å². The van der Waals surface area contributed by atoms with Gasteiger partial charge >= 0.3 is 35.0 Å². The first kappa shape index (κ1) is 28.9. The Morgan fingerprint density at radius 3 is 1.41 bits per heavy atom. The number of rotatable bonds is 19. The summed E-state index contributed by atoms with van der Waals surface area (Å²) in [4.78, 5) is 22.3. The van der Waals surface area contributed by atoms with Gasteiger partial charge in [0.1, 0.15) is 0 Å². The molecule has 5 heteroatoms. The van der Waals surface area contributed by atoms with E-state index in [4.69, 9.17) is 10.2 Å². The molecular formula is C22H44MgO4. The van der Waals surface area contributed by atoms with Gasteiger partial charge in [-0.2, -0.15) is 0 Å². The van der Waals surface area contributed by atoms with Crippen molar-refractivity contribution in [2.45, 2.75) is 117 Å². The minimum Gasteiger partial charge on any atom is -1.00 e. The molecule has 0 radical (unpaired) electrons. The molecule has 0 aliphatic carbocycles. The van der Waals surface area contributed by atoms with E-state index in [1.807, 2.05) is 0 Å². The molecule has 0 aromatic heterocycles. The van der Waals surface area contributed by atoms with Gasteiger partial charge in [0, 0.05) is 0 Å². The van der Waals surface area contributed by atoms with Crippen LogP contribution in [0.5, 0.6) is 0 Å². The largest absolute Gasteiger partial charge is 2.00 e. The van der Waals surface area contributed by atoms with Crippen LogP contribution in [0.1, 0.15) is 119 Å². The Morgan fingerprint density at radius 2 is 1.00 bits per heavy atom. The van der Waals surface area contributed by atoms with Crippen LogP contribution in [0.3, 0.4) is 0 Å². The molecule has 158 valence electrons. The fraction of sp³-hybridized carbons (Fsp3) is 0.909. The molecule has 27 heavy (non-hydrogen) atoms. The molecule has 0 spiro atoms. The summed E-state index contributed by atoms with van der Waals surface area (Å²) in [6.45, 7) is 4.39. The molecule has 0 aliphatic heterocycles. The van der Waals surface area contributed by atoms with Crippen molar-refractivity contribution >= 4 is 35.0 Å². The standard InChI is InChI=1S/C22H42O4.Mg.2H/c1-3-5-7-8-9-10-11-12-13-15-17-19(16-14-6-4-2)18-20(21(23)24)22(25)26;;;/h19-20H,3-18H2,1-2H3,(H,23,24)(H,25,26);;;/q;+2;2*-1. The zero-order valence-electron chi connectivity index (χ0n) is 19.9. The first-order chi connectivity index (χ1) is 12.5. The predicted octanol–water partition coefficient (Wildman–Crippen LogP) is 6.51. The number of aliphatic carboxylic acids is 2. The van der Waals surface area contributed by atoms with Crippen molar-refractivity contribution in [3.05, 3.63) is 0 Å². The van der Waals surface area contributed by atoms with Crippen LogP contribution in [0.4, 0.5) is 0 Å². The Hall–Kier alpha value is -0.294. The van der Waals surface area contributed by atoms with Crippen LogP contribution in [-0.2, 0) is 9.59 Å². The van der Waals surface area contributed by atoms with E-state index < -0.39 is 17.9 Å². The van der Waals surface area contributed by atoms with Crippen molar-refractivity contribution in [3.63, 3.8) is 0 Å². The SMILES string of the molecule is CCCCCCCCCCCCC(CCCCC)CC(C(=O)O)C(=O)O.[H-].[H-].[Mg+2].